The molecule has 2 N–H and O–H groups in total. The molecule has 0 aliphatic rings. The molecule has 146 valence electrons. The molecule has 0 fully saturated rings. The van der Waals surface area contributed by atoms with E-state index in [0.717, 1.165) is 17.7 Å². The zero-order chi connectivity index (χ0) is 19.6. The fourth-order valence-electron chi connectivity index (χ4n) is 2.91. The first-order valence-corrected chi connectivity index (χ1v) is 9.69. The van der Waals surface area contributed by atoms with Crippen LogP contribution < -0.4 is 10.1 Å². The van der Waals surface area contributed by atoms with Crippen LogP contribution in [0.1, 0.15) is 55.5 Å². The number of benzene rings is 2. The van der Waals surface area contributed by atoms with E-state index in [4.69, 9.17) is 4.74 Å². The second-order valence-corrected chi connectivity index (χ2v) is 7.46. The fraction of sp³-hybridized carbons (Fsp3) is 0.435. The van der Waals surface area contributed by atoms with Crippen LogP contribution in [0.3, 0.4) is 0 Å². The molecule has 0 saturated heterocycles. The Morgan fingerprint density at radius 1 is 1.04 bits per heavy atom. The SMILES string of the molecule is CC(C)CCOc1ccc(C(=O)NC[C@H](C[C@@H](C)O)c2ccccc2)cc1. The molecule has 4 heteroatoms. The molecule has 0 aliphatic carbocycles. The summed E-state index contributed by atoms with van der Waals surface area (Å²) in [4.78, 5) is 12.5. The van der Waals surface area contributed by atoms with Gasteiger partial charge in [-0.05, 0) is 55.5 Å². The first-order valence-electron chi connectivity index (χ1n) is 9.69. The number of ether oxygens (including phenoxy) is 1. The topological polar surface area (TPSA) is 58.6 Å². The van der Waals surface area contributed by atoms with Crippen molar-refractivity contribution in [2.45, 2.75) is 45.6 Å². The van der Waals surface area contributed by atoms with E-state index in [-0.39, 0.29) is 11.8 Å². The Labute approximate surface area is 162 Å². The molecule has 2 atom stereocenters. The van der Waals surface area contributed by atoms with Crippen LogP contribution in [0.25, 0.3) is 0 Å². The first kappa shape index (κ1) is 21.0. The molecular weight excluding hydrogens is 338 g/mol. The highest BCUT2D eigenvalue weighted by molar-refractivity contribution is 5.94. The van der Waals surface area contributed by atoms with Crippen LogP contribution in [0.5, 0.6) is 5.75 Å². The highest BCUT2D eigenvalue weighted by Crippen LogP contribution is 2.21. The van der Waals surface area contributed by atoms with Gasteiger partial charge in [0.15, 0.2) is 0 Å². The minimum Gasteiger partial charge on any atom is -0.494 e. The number of amides is 1. The van der Waals surface area contributed by atoms with Gasteiger partial charge in [-0.15, -0.1) is 0 Å². The van der Waals surface area contributed by atoms with Crippen molar-refractivity contribution >= 4 is 5.91 Å². The van der Waals surface area contributed by atoms with Crippen molar-refractivity contribution in [2.75, 3.05) is 13.2 Å². The van der Waals surface area contributed by atoms with E-state index in [0.29, 0.717) is 31.1 Å². The average Bonchev–Trinajstić information content (AvgIpc) is 2.65. The van der Waals surface area contributed by atoms with Gasteiger partial charge in [0.2, 0.25) is 0 Å². The lowest BCUT2D eigenvalue weighted by Gasteiger charge is -2.19. The van der Waals surface area contributed by atoms with Gasteiger partial charge in [-0.25, -0.2) is 0 Å². The van der Waals surface area contributed by atoms with Crippen molar-refractivity contribution in [3.63, 3.8) is 0 Å². The van der Waals surface area contributed by atoms with Crippen molar-refractivity contribution in [2.24, 2.45) is 5.92 Å². The Balaban J connectivity index is 1.91. The molecule has 0 heterocycles. The summed E-state index contributed by atoms with van der Waals surface area (Å²) in [5.74, 6) is 1.35. The lowest BCUT2D eigenvalue weighted by molar-refractivity contribution is 0.0945. The summed E-state index contributed by atoms with van der Waals surface area (Å²) < 4.78 is 5.69. The molecule has 2 aromatic carbocycles. The molecule has 4 nitrogen and oxygen atoms in total. The van der Waals surface area contributed by atoms with Gasteiger partial charge < -0.3 is 15.2 Å². The Morgan fingerprint density at radius 2 is 1.70 bits per heavy atom. The van der Waals surface area contributed by atoms with Crippen molar-refractivity contribution in [1.29, 1.82) is 0 Å². The number of aliphatic hydroxyl groups is 1. The van der Waals surface area contributed by atoms with E-state index in [9.17, 15) is 9.90 Å². The van der Waals surface area contributed by atoms with Gasteiger partial charge >= 0.3 is 0 Å². The molecule has 1 amide bonds. The monoisotopic (exact) mass is 369 g/mol. The summed E-state index contributed by atoms with van der Waals surface area (Å²) in [6.07, 6.45) is 1.19. The van der Waals surface area contributed by atoms with Crippen molar-refractivity contribution < 1.29 is 14.6 Å². The summed E-state index contributed by atoms with van der Waals surface area (Å²) in [6, 6.07) is 17.2. The highest BCUT2D eigenvalue weighted by atomic mass is 16.5. The Morgan fingerprint density at radius 3 is 2.30 bits per heavy atom. The summed E-state index contributed by atoms with van der Waals surface area (Å²) in [7, 11) is 0. The molecule has 0 spiro atoms. The zero-order valence-electron chi connectivity index (χ0n) is 16.5. The van der Waals surface area contributed by atoms with E-state index in [1.807, 2.05) is 42.5 Å². The summed E-state index contributed by atoms with van der Waals surface area (Å²) >= 11 is 0. The molecule has 2 rings (SSSR count). The van der Waals surface area contributed by atoms with Crippen LogP contribution in [0, 0.1) is 5.92 Å². The van der Waals surface area contributed by atoms with Gasteiger partial charge in [0.05, 0.1) is 12.7 Å². The molecule has 0 saturated carbocycles. The van der Waals surface area contributed by atoms with Gasteiger partial charge in [-0.2, -0.15) is 0 Å². The zero-order valence-corrected chi connectivity index (χ0v) is 16.5. The maximum absolute atomic E-state index is 12.5. The molecule has 2 aromatic rings. The molecule has 0 aromatic heterocycles. The number of hydrogen-bond acceptors (Lipinski definition) is 3. The lowest BCUT2D eigenvalue weighted by Crippen LogP contribution is -2.29. The smallest absolute Gasteiger partial charge is 0.251 e. The third kappa shape index (κ3) is 7.43. The maximum atomic E-state index is 12.5. The Bertz CT molecular complexity index is 681. The van der Waals surface area contributed by atoms with Crippen molar-refractivity contribution in [3.05, 3.63) is 65.7 Å². The van der Waals surface area contributed by atoms with Crippen LogP contribution >= 0.6 is 0 Å². The van der Waals surface area contributed by atoms with Gasteiger partial charge in [-0.3, -0.25) is 4.79 Å². The van der Waals surface area contributed by atoms with E-state index < -0.39 is 6.10 Å². The van der Waals surface area contributed by atoms with E-state index >= 15 is 0 Å². The predicted octanol–water partition coefficient (Wildman–Crippen LogP) is 4.40. The largest absolute Gasteiger partial charge is 0.494 e. The minimum atomic E-state index is -0.422. The predicted molar refractivity (Wildman–Crippen MR) is 109 cm³/mol. The Hall–Kier alpha value is -2.33. The van der Waals surface area contributed by atoms with Gasteiger partial charge in [0.25, 0.3) is 5.91 Å². The normalized spacial score (nSPS) is 13.2. The number of rotatable bonds is 10. The van der Waals surface area contributed by atoms with Crippen LogP contribution in [0.15, 0.2) is 54.6 Å². The van der Waals surface area contributed by atoms with Crippen LogP contribution in [-0.2, 0) is 0 Å². The van der Waals surface area contributed by atoms with E-state index in [1.54, 1.807) is 19.1 Å². The third-order valence-corrected chi connectivity index (χ3v) is 4.49. The third-order valence-electron chi connectivity index (χ3n) is 4.49. The number of nitrogens with one attached hydrogen (secondary N) is 1. The summed E-state index contributed by atoms with van der Waals surface area (Å²) in [6.45, 7) is 7.27. The van der Waals surface area contributed by atoms with Crippen LogP contribution in [0.4, 0.5) is 0 Å². The van der Waals surface area contributed by atoms with E-state index in [2.05, 4.69) is 19.2 Å². The summed E-state index contributed by atoms with van der Waals surface area (Å²) in [5.41, 5.74) is 1.72. The quantitative estimate of drug-likeness (QED) is 0.653. The van der Waals surface area contributed by atoms with Gasteiger partial charge in [0, 0.05) is 18.0 Å². The van der Waals surface area contributed by atoms with E-state index in [1.165, 1.54) is 0 Å². The van der Waals surface area contributed by atoms with Gasteiger partial charge in [-0.1, -0.05) is 44.2 Å². The second-order valence-electron chi connectivity index (χ2n) is 7.46. The van der Waals surface area contributed by atoms with Crippen molar-refractivity contribution in [1.82, 2.24) is 5.32 Å². The number of aliphatic hydroxyl groups excluding tert-OH is 1. The molecule has 0 aliphatic heterocycles. The minimum absolute atomic E-state index is 0.0776. The molecule has 0 bridgehead atoms. The maximum Gasteiger partial charge on any atom is 0.251 e. The standard InChI is InChI=1S/C23H31NO3/c1-17(2)13-14-27-22-11-9-20(10-12-22)23(26)24-16-21(15-18(3)25)19-7-5-4-6-8-19/h4-12,17-18,21,25H,13-16H2,1-3H3,(H,24,26)/t18-,21+/m1/s1. The van der Waals surface area contributed by atoms with Crippen LogP contribution in [-0.4, -0.2) is 30.3 Å². The molecule has 27 heavy (non-hydrogen) atoms. The number of hydrogen-bond donors (Lipinski definition) is 2. The van der Waals surface area contributed by atoms with Crippen molar-refractivity contribution in [3.8, 4) is 5.75 Å². The number of carbonyl (C=O) groups excluding carboxylic acids is 1. The van der Waals surface area contributed by atoms with Gasteiger partial charge in [0.1, 0.15) is 5.75 Å². The average molecular weight is 370 g/mol. The second kappa shape index (κ2) is 10.7. The lowest BCUT2D eigenvalue weighted by atomic mass is 9.93. The molecule has 0 radical (unpaired) electrons. The first-order chi connectivity index (χ1) is 13.0. The Kier molecular flexibility index (Phi) is 8.34. The fourth-order valence-corrected chi connectivity index (χ4v) is 2.91. The number of carbonyl (C=O) groups is 1. The molecule has 0 unspecified atom stereocenters. The highest BCUT2D eigenvalue weighted by Gasteiger charge is 2.16. The summed E-state index contributed by atoms with van der Waals surface area (Å²) in [5, 5.41) is 12.8. The molecular formula is C23H31NO3. The van der Waals surface area contributed by atoms with Crippen LogP contribution in [0.2, 0.25) is 0 Å².